The average Bonchev–Trinajstić information content (AvgIpc) is 3.50. The first-order chi connectivity index (χ1) is 15.4. The van der Waals surface area contributed by atoms with Crippen LogP contribution in [0.15, 0.2) is 48.5 Å². The van der Waals surface area contributed by atoms with Crippen LogP contribution in [0.25, 0.3) is 11.1 Å². The molecule has 0 spiro atoms. The second-order valence-electron chi connectivity index (χ2n) is 8.14. The third kappa shape index (κ3) is 4.31. The van der Waals surface area contributed by atoms with Gasteiger partial charge in [-0.15, -0.1) is 0 Å². The van der Waals surface area contributed by atoms with Gasteiger partial charge in [0.15, 0.2) is 6.10 Å². The van der Waals surface area contributed by atoms with E-state index < -0.39 is 23.7 Å². The summed E-state index contributed by atoms with van der Waals surface area (Å²) in [4.78, 5) is 36.0. The predicted molar refractivity (Wildman–Crippen MR) is 116 cm³/mol. The van der Waals surface area contributed by atoms with Gasteiger partial charge in [-0.1, -0.05) is 48.5 Å². The van der Waals surface area contributed by atoms with E-state index in [1.165, 1.54) is 7.11 Å². The molecule has 0 aliphatic heterocycles. The molecule has 0 radical (unpaired) electrons. The molecule has 3 N–H and O–H groups in total. The lowest BCUT2D eigenvalue weighted by Crippen LogP contribution is -2.49. The van der Waals surface area contributed by atoms with Gasteiger partial charge in [0.1, 0.15) is 12.1 Å². The molecular formula is C24H26N2O6. The molecular weight excluding hydrogens is 412 g/mol. The summed E-state index contributed by atoms with van der Waals surface area (Å²) in [5.41, 5.74) is 3.53. The summed E-state index contributed by atoms with van der Waals surface area (Å²) < 4.78 is 10.4. The Labute approximate surface area is 185 Å². The Morgan fingerprint density at radius 1 is 1.06 bits per heavy atom. The Kier molecular flexibility index (Phi) is 6.14. The zero-order valence-electron chi connectivity index (χ0n) is 17.8. The summed E-state index contributed by atoms with van der Waals surface area (Å²) in [6.07, 6.45) is -0.468. The second-order valence-corrected chi connectivity index (χ2v) is 8.14. The summed E-state index contributed by atoms with van der Waals surface area (Å²) in [5.74, 6) is -1.48. The number of methoxy groups -OCH3 is 1. The van der Waals surface area contributed by atoms with Crippen LogP contribution in [0.3, 0.4) is 0 Å². The van der Waals surface area contributed by atoms with Crippen molar-refractivity contribution in [1.82, 2.24) is 10.6 Å². The number of carbonyl (C=O) groups excluding carboxylic acids is 2. The molecule has 2 aliphatic rings. The number of fused-ring (bicyclic) bond motifs is 3. The van der Waals surface area contributed by atoms with Crippen LogP contribution >= 0.6 is 0 Å². The molecule has 32 heavy (non-hydrogen) atoms. The van der Waals surface area contributed by atoms with E-state index in [2.05, 4.69) is 22.8 Å². The third-order valence-electron chi connectivity index (χ3n) is 6.12. The molecule has 0 aromatic heterocycles. The van der Waals surface area contributed by atoms with Crippen LogP contribution in [0.4, 0.5) is 4.79 Å². The fraction of sp³-hybridized carbons (Fsp3) is 0.375. The quantitative estimate of drug-likeness (QED) is 0.555. The molecule has 168 valence electrons. The number of carboxylic acids is 1. The average molecular weight is 438 g/mol. The highest BCUT2D eigenvalue weighted by atomic mass is 16.5. The van der Waals surface area contributed by atoms with Crippen LogP contribution in [-0.4, -0.2) is 55.0 Å². The largest absolute Gasteiger partial charge is 0.479 e. The summed E-state index contributed by atoms with van der Waals surface area (Å²) in [6, 6.07) is 16.1. The molecule has 1 atom stereocenters. The highest BCUT2D eigenvalue weighted by Gasteiger charge is 2.51. The normalized spacial score (nSPS) is 16.4. The Bertz CT molecular complexity index is 987. The molecule has 1 fully saturated rings. The Morgan fingerprint density at radius 2 is 1.66 bits per heavy atom. The van der Waals surface area contributed by atoms with Gasteiger partial charge in [0.2, 0.25) is 5.91 Å². The van der Waals surface area contributed by atoms with Crippen molar-refractivity contribution in [2.24, 2.45) is 0 Å². The number of ether oxygens (including phenoxy) is 2. The molecule has 1 saturated carbocycles. The van der Waals surface area contributed by atoms with Crippen LogP contribution < -0.4 is 10.6 Å². The molecule has 2 aromatic carbocycles. The molecule has 2 aliphatic carbocycles. The number of nitrogens with one attached hydrogen (secondary N) is 2. The summed E-state index contributed by atoms with van der Waals surface area (Å²) >= 11 is 0. The molecule has 0 bridgehead atoms. The minimum absolute atomic E-state index is 0.0564. The summed E-state index contributed by atoms with van der Waals surface area (Å²) in [6.45, 7) is 0.309. The summed E-state index contributed by atoms with van der Waals surface area (Å²) in [7, 11) is 1.31. The van der Waals surface area contributed by atoms with E-state index in [1.54, 1.807) is 0 Å². The fourth-order valence-corrected chi connectivity index (χ4v) is 4.19. The Balaban J connectivity index is 1.32. The molecule has 0 heterocycles. The van der Waals surface area contributed by atoms with E-state index in [0.717, 1.165) is 22.3 Å². The standard InChI is InChI=1S/C24H26N2O6/c1-31-20(21(27)28)10-13-25-22(29)24(11-12-24)26-23(30)32-14-19-17-8-4-2-6-15(17)16-7-3-5-9-18(16)19/h2-9,19-20H,10-14H2,1H3,(H,25,29)(H,26,30)(H,27,28). The van der Waals surface area contributed by atoms with E-state index >= 15 is 0 Å². The van der Waals surface area contributed by atoms with Gasteiger partial charge in [-0.3, -0.25) is 4.79 Å². The molecule has 1 unspecified atom stereocenters. The number of carbonyl (C=O) groups is 3. The number of amides is 2. The van der Waals surface area contributed by atoms with Crippen LogP contribution in [0.2, 0.25) is 0 Å². The van der Waals surface area contributed by atoms with Crippen molar-refractivity contribution in [2.45, 2.75) is 36.8 Å². The van der Waals surface area contributed by atoms with Crippen LogP contribution in [0.1, 0.15) is 36.3 Å². The van der Waals surface area contributed by atoms with Crippen molar-refractivity contribution >= 4 is 18.0 Å². The maximum atomic E-state index is 12.5. The zero-order chi connectivity index (χ0) is 22.7. The molecule has 2 aromatic rings. The highest BCUT2D eigenvalue weighted by Crippen LogP contribution is 2.44. The van der Waals surface area contributed by atoms with E-state index in [4.69, 9.17) is 14.6 Å². The van der Waals surface area contributed by atoms with Crippen LogP contribution in [0, 0.1) is 0 Å². The minimum Gasteiger partial charge on any atom is -0.479 e. The first kappa shape index (κ1) is 21.8. The van der Waals surface area contributed by atoms with Crippen LogP contribution in [-0.2, 0) is 19.1 Å². The van der Waals surface area contributed by atoms with Crippen molar-refractivity contribution in [3.05, 3.63) is 59.7 Å². The minimum atomic E-state index is -1.08. The first-order valence-corrected chi connectivity index (χ1v) is 10.6. The number of hydrogen-bond donors (Lipinski definition) is 3. The monoisotopic (exact) mass is 438 g/mol. The fourth-order valence-electron chi connectivity index (χ4n) is 4.19. The van der Waals surface area contributed by atoms with Gasteiger partial charge in [-0.05, 0) is 35.1 Å². The van der Waals surface area contributed by atoms with E-state index in [-0.39, 0.29) is 31.4 Å². The van der Waals surface area contributed by atoms with E-state index in [9.17, 15) is 14.4 Å². The second kappa shape index (κ2) is 9.00. The lowest BCUT2D eigenvalue weighted by atomic mass is 9.98. The lowest BCUT2D eigenvalue weighted by molar-refractivity contribution is -0.149. The molecule has 4 rings (SSSR count). The van der Waals surface area contributed by atoms with Gasteiger partial charge in [0, 0.05) is 26.0 Å². The molecule has 8 heteroatoms. The van der Waals surface area contributed by atoms with Gasteiger partial charge in [0.25, 0.3) is 0 Å². The number of hydrogen-bond acceptors (Lipinski definition) is 5. The van der Waals surface area contributed by atoms with Crippen LogP contribution in [0.5, 0.6) is 0 Å². The molecule has 0 saturated heterocycles. The van der Waals surface area contributed by atoms with Gasteiger partial charge in [-0.25, -0.2) is 9.59 Å². The van der Waals surface area contributed by atoms with Gasteiger partial charge >= 0.3 is 12.1 Å². The van der Waals surface area contributed by atoms with E-state index in [0.29, 0.717) is 12.8 Å². The number of rotatable bonds is 9. The van der Waals surface area contributed by atoms with Gasteiger partial charge in [-0.2, -0.15) is 0 Å². The number of aliphatic carboxylic acids is 1. The highest BCUT2D eigenvalue weighted by molar-refractivity contribution is 5.92. The third-order valence-corrected chi connectivity index (χ3v) is 6.12. The topological polar surface area (TPSA) is 114 Å². The molecule has 8 nitrogen and oxygen atoms in total. The van der Waals surface area contributed by atoms with Crippen molar-refractivity contribution in [1.29, 1.82) is 0 Å². The van der Waals surface area contributed by atoms with Gasteiger partial charge < -0.3 is 25.2 Å². The first-order valence-electron chi connectivity index (χ1n) is 10.6. The number of benzene rings is 2. The maximum absolute atomic E-state index is 12.5. The van der Waals surface area contributed by atoms with Crippen molar-refractivity contribution in [2.75, 3.05) is 20.3 Å². The van der Waals surface area contributed by atoms with E-state index in [1.807, 2.05) is 36.4 Å². The predicted octanol–water partition coefficient (Wildman–Crippen LogP) is 2.66. The van der Waals surface area contributed by atoms with Gasteiger partial charge in [0.05, 0.1) is 0 Å². The molecule has 2 amide bonds. The lowest BCUT2D eigenvalue weighted by Gasteiger charge is -2.19. The number of carboxylic acid groups (broad SMARTS) is 1. The van der Waals surface area contributed by atoms with Crippen molar-refractivity contribution in [3.63, 3.8) is 0 Å². The van der Waals surface area contributed by atoms with Crippen molar-refractivity contribution < 1.29 is 29.0 Å². The summed E-state index contributed by atoms with van der Waals surface area (Å²) in [5, 5.41) is 14.4. The Morgan fingerprint density at radius 3 is 2.19 bits per heavy atom. The smallest absolute Gasteiger partial charge is 0.408 e. The SMILES string of the molecule is COC(CCNC(=O)C1(NC(=O)OCC2c3ccccc3-c3ccccc32)CC1)C(=O)O. The zero-order valence-corrected chi connectivity index (χ0v) is 17.8. The Hall–Kier alpha value is -3.39. The number of alkyl carbamates (subject to hydrolysis) is 1. The maximum Gasteiger partial charge on any atom is 0.408 e. The van der Waals surface area contributed by atoms with Crippen molar-refractivity contribution in [3.8, 4) is 11.1 Å².